The number of fused-ring (bicyclic) bond motifs is 1. The number of rotatable bonds is 3. The minimum atomic E-state index is -0.836. The lowest BCUT2D eigenvalue weighted by Crippen LogP contribution is -2.38. The van der Waals surface area contributed by atoms with Crippen LogP contribution in [0.4, 0.5) is 0 Å². The lowest BCUT2D eigenvalue weighted by molar-refractivity contribution is -0.147. The Hall–Kier alpha value is -1.10. The number of ether oxygens (including phenoxy) is 1. The van der Waals surface area contributed by atoms with Crippen molar-refractivity contribution < 1.29 is 19.4 Å². The number of piperidine rings is 1. The molecule has 0 radical (unpaired) electrons. The summed E-state index contributed by atoms with van der Waals surface area (Å²) in [6.07, 6.45) is 0. The Morgan fingerprint density at radius 1 is 1.53 bits per heavy atom. The van der Waals surface area contributed by atoms with Gasteiger partial charge in [0.2, 0.25) is 0 Å². The van der Waals surface area contributed by atoms with E-state index >= 15 is 0 Å². The SMILES string of the molecule is CCOC(=O)C1C2CN(C)[C@H](C(=O)O)[C@@H]21. The van der Waals surface area contributed by atoms with Crippen LogP contribution in [0.25, 0.3) is 0 Å². The Kier molecular flexibility index (Phi) is 2.42. The van der Waals surface area contributed by atoms with Crippen LogP contribution in [0.1, 0.15) is 6.92 Å². The van der Waals surface area contributed by atoms with E-state index in [0.29, 0.717) is 13.2 Å². The number of carboxylic acids is 1. The van der Waals surface area contributed by atoms with Gasteiger partial charge in [-0.25, -0.2) is 0 Å². The third kappa shape index (κ3) is 1.51. The second-order valence-electron chi connectivity index (χ2n) is 4.24. The summed E-state index contributed by atoms with van der Waals surface area (Å²) in [5, 5.41) is 9.02. The molecule has 2 fully saturated rings. The number of hydrogen-bond acceptors (Lipinski definition) is 4. The van der Waals surface area contributed by atoms with E-state index in [4.69, 9.17) is 9.84 Å². The fraction of sp³-hybridized carbons (Fsp3) is 0.800. The normalized spacial score (nSPS) is 38.5. The molecule has 1 saturated carbocycles. The highest BCUT2D eigenvalue weighted by atomic mass is 16.5. The van der Waals surface area contributed by atoms with Crippen LogP contribution in [0.3, 0.4) is 0 Å². The van der Waals surface area contributed by atoms with Crippen molar-refractivity contribution in [3.05, 3.63) is 0 Å². The predicted molar refractivity (Wildman–Crippen MR) is 51.2 cm³/mol. The van der Waals surface area contributed by atoms with E-state index in [9.17, 15) is 9.59 Å². The van der Waals surface area contributed by atoms with Crippen molar-refractivity contribution in [2.24, 2.45) is 17.8 Å². The van der Waals surface area contributed by atoms with Crippen LogP contribution >= 0.6 is 0 Å². The molecule has 0 spiro atoms. The molecule has 0 bridgehead atoms. The van der Waals surface area contributed by atoms with Crippen LogP contribution in [0.2, 0.25) is 0 Å². The molecule has 4 atom stereocenters. The van der Waals surface area contributed by atoms with Crippen molar-refractivity contribution in [1.82, 2.24) is 4.90 Å². The molecule has 84 valence electrons. The van der Waals surface area contributed by atoms with E-state index < -0.39 is 12.0 Å². The molecule has 0 aromatic carbocycles. The molecule has 0 aromatic rings. The van der Waals surface area contributed by atoms with Crippen molar-refractivity contribution in [2.75, 3.05) is 20.2 Å². The van der Waals surface area contributed by atoms with Gasteiger partial charge < -0.3 is 9.84 Å². The fourth-order valence-corrected chi connectivity index (χ4v) is 2.73. The maximum Gasteiger partial charge on any atom is 0.321 e. The number of carboxylic acid groups (broad SMARTS) is 1. The maximum absolute atomic E-state index is 11.5. The first-order valence-corrected chi connectivity index (χ1v) is 5.17. The van der Waals surface area contributed by atoms with Crippen LogP contribution in [0.5, 0.6) is 0 Å². The number of likely N-dealkylation sites (N-methyl/N-ethyl adjacent to an activating group) is 1. The number of carbonyl (C=O) groups is 2. The molecule has 1 aliphatic carbocycles. The fourth-order valence-electron chi connectivity index (χ4n) is 2.73. The minimum Gasteiger partial charge on any atom is -0.480 e. The third-order valence-corrected chi connectivity index (χ3v) is 3.38. The molecule has 0 aromatic heterocycles. The topological polar surface area (TPSA) is 66.8 Å². The number of hydrogen-bond donors (Lipinski definition) is 1. The smallest absolute Gasteiger partial charge is 0.321 e. The van der Waals surface area contributed by atoms with Gasteiger partial charge in [0.15, 0.2) is 0 Å². The summed E-state index contributed by atoms with van der Waals surface area (Å²) in [6, 6.07) is -0.510. The summed E-state index contributed by atoms with van der Waals surface area (Å²) in [5.41, 5.74) is 0. The Morgan fingerprint density at radius 2 is 2.20 bits per heavy atom. The van der Waals surface area contributed by atoms with E-state index in [-0.39, 0.29) is 23.7 Å². The van der Waals surface area contributed by atoms with Gasteiger partial charge in [0.05, 0.1) is 12.5 Å². The van der Waals surface area contributed by atoms with Crippen LogP contribution in [0, 0.1) is 17.8 Å². The van der Waals surface area contributed by atoms with Gasteiger partial charge in [-0.2, -0.15) is 0 Å². The van der Waals surface area contributed by atoms with Crippen molar-refractivity contribution in [2.45, 2.75) is 13.0 Å². The molecule has 2 unspecified atom stereocenters. The molecule has 2 rings (SSSR count). The largest absolute Gasteiger partial charge is 0.480 e. The summed E-state index contributed by atoms with van der Waals surface area (Å²) >= 11 is 0. The van der Waals surface area contributed by atoms with Gasteiger partial charge in [-0.15, -0.1) is 0 Å². The van der Waals surface area contributed by atoms with E-state index in [0.717, 1.165) is 0 Å². The number of likely N-dealkylation sites (tertiary alicyclic amines) is 1. The first-order valence-electron chi connectivity index (χ1n) is 5.17. The Balaban J connectivity index is 2.02. The van der Waals surface area contributed by atoms with Crippen LogP contribution in [-0.2, 0) is 14.3 Å². The standard InChI is InChI=1S/C10H15NO4/c1-3-15-10(14)7-5-4-11(2)8(6(5)7)9(12)13/h5-8H,3-4H2,1-2H3,(H,12,13)/t5?,6-,7?,8-/m0/s1. The summed E-state index contributed by atoms with van der Waals surface area (Å²) in [5.74, 6) is -1.09. The molecular formula is C10H15NO4. The number of carbonyl (C=O) groups excluding carboxylic acids is 1. The predicted octanol–water partition coefficient (Wildman–Crippen LogP) is -0.190. The summed E-state index contributed by atoms with van der Waals surface area (Å²) in [7, 11) is 1.78. The number of nitrogens with zero attached hydrogens (tertiary/aromatic N) is 1. The summed E-state index contributed by atoms with van der Waals surface area (Å²) in [6.45, 7) is 2.81. The maximum atomic E-state index is 11.5. The molecule has 5 heteroatoms. The van der Waals surface area contributed by atoms with Crippen molar-refractivity contribution >= 4 is 11.9 Å². The quantitative estimate of drug-likeness (QED) is 0.658. The van der Waals surface area contributed by atoms with E-state index in [1.165, 1.54) is 0 Å². The van der Waals surface area contributed by atoms with E-state index in [1.54, 1.807) is 18.9 Å². The molecule has 0 amide bonds. The summed E-state index contributed by atoms with van der Waals surface area (Å²) in [4.78, 5) is 24.2. The highest BCUT2D eigenvalue weighted by molar-refractivity contribution is 5.82. The molecule has 1 aliphatic heterocycles. The average Bonchev–Trinajstić information content (AvgIpc) is 2.69. The zero-order chi connectivity index (χ0) is 11.2. The molecule has 15 heavy (non-hydrogen) atoms. The molecule has 1 heterocycles. The molecule has 5 nitrogen and oxygen atoms in total. The van der Waals surface area contributed by atoms with Crippen molar-refractivity contribution in [3.63, 3.8) is 0 Å². The summed E-state index contributed by atoms with van der Waals surface area (Å²) < 4.78 is 4.92. The van der Waals surface area contributed by atoms with Gasteiger partial charge in [-0.1, -0.05) is 0 Å². The van der Waals surface area contributed by atoms with Gasteiger partial charge >= 0.3 is 11.9 Å². The molecule has 1 saturated heterocycles. The van der Waals surface area contributed by atoms with Crippen LogP contribution in [0.15, 0.2) is 0 Å². The van der Waals surface area contributed by atoms with E-state index in [1.807, 2.05) is 0 Å². The number of esters is 1. The lowest BCUT2D eigenvalue weighted by atomic mass is 10.1. The van der Waals surface area contributed by atoms with Crippen molar-refractivity contribution in [3.8, 4) is 0 Å². The highest BCUT2D eigenvalue weighted by Crippen LogP contribution is 2.55. The second-order valence-corrected chi connectivity index (χ2v) is 4.24. The average molecular weight is 213 g/mol. The lowest BCUT2D eigenvalue weighted by Gasteiger charge is -2.20. The number of aliphatic carboxylic acids is 1. The second kappa shape index (κ2) is 3.48. The Morgan fingerprint density at radius 3 is 2.73 bits per heavy atom. The third-order valence-electron chi connectivity index (χ3n) is 3.38. The van der Waals surface area contributed by atoms with E-state index in [2.05, 4.69) is 0 Å². The molecule has 2 aliphatic rings. The van der Waals surface area contributed by atoms with Gasteiger partial charge in [0.25, 0.3) is 0 Å². The van der Waals surface area contributed by atoms with Gasteiger partial charge in [0.1, 0.15) is 6.04 Å². The first-order chi connectivity index (χ1) is 7.07. The molecular weight excluding hydrogens is 198 g/mol. The monoisotopic (exact) mass is 213 g/mol. The van der Waals surface area contributed by atoms with Gasteiger partial charge in [-0.3, -0.25) is 14.5 Å². The van der Waals surface area contributed by atoms with Crippen LogP contribution < -0.4 is 0 Å². The zero-order valence-electron chi connectivity index (χ0n) is 8.84. The Labute approximate surface area is 88.0 Å². The van der Waals surface area contributed by atoms with Crippen LogP contribution in [-0.4, -0.2) is 48.2 Å². The minimum absolute atomic E-state index is 0.0356. The van der Waals surface area contributed by atoms with Gasteiger partial charge in [0, 0.05) is 12.5 Å². The molecule has 1 N–H and O–H groups in total. The van der Waals surface area contributed by atoms with Crippen molar-refractivity contribution in [1.29, 1.82) is 0 Å². The Bertz CT molecular complexity index is 304. The first kappa shape index (κ1) is 10.4. The van der Waals surface area contributed by atoms with Gasteiger partial charge in [-0.05, 0) is 19.9 Å². The highest BCUT2D eigenvalue weighted by Gasteiger charge is 2.66. The zero-order valence-corrected chi connectivity index (χ0v) is 8.84.